The quantitative estimate of drug-likeness (QED) is 0.513. The number of nitrogens with zero attached hydrogens (tertiary/aromatic N) is 1. The van der Waals surface area contributed by atoms with Crippen molar-refractivity contribution in [2.45, 2.75) is 43.1 Å². The number of fused-ring (bicyclic) bond motifs is 3. The van der Waals surface area contributed by atoms with Crippen LogP contribution in [-0.2, 0) is 19.1 Å². The number of ether oxygens (including phenoxy) is 3. The number of carbonyl (C=O) groups excluding carboxylic acids is 2. The Morgan fingerprint density at radius 1 is 1.31 bits per heavy atom. The Balaban J connectivity index is 1.71. The van der Waals surface area contributed by atoms with Crippen molar-refractivity contribution < 1.29 is 34.0 Å². The molecule has 1 aliphatic carbocycles. The summed E-state index contributed by atoms with van der Waals surface area (Å²) < 4.78 is 16.9. The van der Waals surface area contributed by atoms with Crippen molar-refractivity contribution in [3.05, 3.63) is 41.5 Å². The van der Waals surface area contributed by atoms with Crippen molar-refractivity contribution in [3.63, 3.8) is 0 Å². The van der Waals surface area contributed by atoms with Gasteiger partial charge in [-0.3, -0.25) is 9.59 Å². The van der Waals surface area contributed by atoms with Crippen molar-refractivity contribution in [2.24, 2.45) is 0 Å². The van der Waals surface area contributed by atoms with Crippen LogP contribution in [0.15, 0.2) is 35.9 Å². The van der Waals surface area contributed by atoms with Crippen LogP contribution >= 0.6 is 0 Å². The number of para-hydroxylation sites is 1. The summed E-state index contributed by atoms with van der Waals surface area (Å²) in [6, 6.07) is 6.59. The van der Waals surface area contributed by atoms with Crippen molar-refractivity contribution in [1.82, 2.24) is 10.2 Å². The number of benzene rings is 1. The molecule has 0 radical (unpaired) electrons. The lowest BCUT2D eigenvalue weighted by atomic mass is 9.77. The molecule has 1 aromatic rings. The van der Waals surface area contributed by atoms with Crippen molar-refractivity contribution in [2.75, 3.05) is 40.0 Å². The molecule has 2 amide bonds. The van der Waals surface area contributed by atoms with Gasteiger partial charge in [0.2, 0.25) is 11.8 Å². The van der Waals surface area contributed by atoms with E-state index in [1.165, 1.54) is 12.0 Å². The van der Waals surface area contributed by atoms with Crippen molar-refractivity contribution >= 4 is 11.8 Å². The lowest BCUT2D eigenvalue weighted by Crippen LogP contribution is -2.57. The molecule has 0 bridgehead atoms. The van der Waals surface area contributed by atoms with Gasteiger partial charge in [-0.2, -0.15) is 0 Å². The predicted octanol–water partition coefficient (Wildman–Crippen LogP) is -0.0368. The molecule has 174 valence electrons. The Morgan fingerprint density at radius 2 is 2.12 bits per heavy atom. The summed E-state index contributed by atoms with van der Waals surface area (Å²) in [6.07, 6.45) is 1.48. The molecule has 5 atom stereocenters. The Morgan fingerprint density at radius 3 is 2.84 bits per heavy atom. The second-order valence-electron chi connectivity index (χ2n) is 8.29. The molecule has 0 spiro atoms. The molecule has 9 heteroatoms. The largest absolute Gasteiger partial charge is 0.486 e. The molecule has 0 aromatic heterocycles. The third-order valence-electron chi connectivity index (χ3n) is 6.25. The zero-order valence-corrected chi connectivity index (χ0v) is 18.1. The lowest BCUT2D eigenvalue weighted by Gasteiger charge is -2.41. The summed E-state index contributed by atoms with van der Waals surface area (Å²) in [6.45, 7) is 0.689. The van der Waals surface area contributed by atoms with Gasteiger partial charge in [0.05, 0.1) is 24.7 Å². The van der Waals surface area contributed by atoms with Crippen LogP contribution < -0.4 is 10.1 Å². The minimum absolute atomic E-state index is 0.103. The standard InChI is InChI=1S/C23H30N2O7/c1-30-13-19(27)25(12-14-5-4-10-31-14)17-11-16(23(29)24-8-9-26)20-15-6-2-3-7-18(15)32-22(20)21(17)28/h2-3,6-7,11,14,17,20-22,26,28H,4-5,8-10,12-13H2,1H3,(H,24,29)/t14-,17-,20+,21+,22+/m1/s1. The molecule has 2 aliphatic heterocycles. The highest BCUT2D eigenvalue weighted by atomic mass is 16.5. The maximum atomic E-state index is 13.0. The maximum absolute atomic E-state index is 13.0. The summed E-state index contributed by atoms with van der Waals surface area (Å²) in [5.74, 6) is -0.523. The average molecular weight is 447 g/mol. The molecule has 32 heavy (non-hydrogen) atoms. The monoisotopic (exact) mass is 446 g/mol. The number of aliphatic hydroxyl groups is 2. The van der Waals surface area contributed by atoms with Gasteiger partial charge < -0.3 is 34.6 Å². The topological polar surface area (TPSA) is 118 Å². The maximum Gasteiger partial charge on any atom is 0.249 e. The molecule has 2 heterocycles. The molecule has 3 N–H and O–H groups in total. The molecule has 0 saturated carbocycles. The van der Waals surface area contributed by atoms with E-state index in [-0.39, 0.29) is 44.2 Å². The Bertz CT molecular complexity index is 868. The number of rotatable bonds is 8. The van der Waals surface area contributed by atoms with E-state index in [2.05, 4.69) is 5.32 Å². The molecule has 3 aliphatic rings. The van der Waals surface area contributed by atoms with E-state index < -0.39 is 24.2 Å². The van der Waals surface area contributed by atoms with E-state index in [0.29, 0.717) is 17.9 Å². The molecule has 1 fully saturated rings. The van der Waals surface area contributed by atoms with Gasteiger partial charge in [-0.15, -0.1) is 0 Å². The number of hydrogen-bond acceptors (Lipinski definition) is 7. The fourth-order valence-electron chi connectivity index (χ4n) is 4.80. The van der Waals surface area contributed by atoms with E-state index >= 15 is 0 Å². The minimum atomic E-state index is -1.05. The molecule has 9 nitrogen and oxygen atoms in total. The van der Waals surface area contributed by atoms with E-state index in [1.807, 2.05) is 18.2 Å². The number of amides is 2. The third kappa shape index (κ3) is 4.38. The average Bonchev–Trinajstić information content (AvgIpc) is 3.45. The number of aliphatic hydroxyl groups excluding tert-OH is 2. The van der Waals surface area contributed by atoms with Crippen LogP contribution in [-0.4, -0.2) is 91.3 Å². The van der Waals surface area contributed by atoms with Crippen molar-refractivity contribution in [3.8, 4) is 5.75 Å². The second kappa shape index (κ2) is 9.99. The van der Waals surface area contributed by atoms with E-state index in [9.17, 15) is 14.7 Å². The molecule has 1 aromatic carbocycles. The van der Waals surface area contributed by atoms with Gasteiger partial charge in [0.1, 0.15) is 24.6 Å². The lowest BCUT2D eigenvalue weighted by molar-refractivity contribution is -0.143. The van der Waals surface area contributed by atoms with Crippen LogP contribution in [0.2, 0.25) is 0 Å². The van der Waals surface area contributed by atoms with Gasteiger partial charge in [0.25, 0.3) is 0 Å². The summed E-state index contributed by atoms with van der Waals surface area (Å²) >= 11 is 0. The molecule has 1 saturated heterocycles. The van der Waals surface area contributed by atoms with Gasteiger partial charge in [-0.25, -0.2) is 0 Å². The number of methoxy groups -OCH3 is 1. The van der Waals surface area contributed by atoms with Crippen LogP contribution in [0.3, 0.4) is 0 Å². The first kappa shape index (κ1) is 22.7. The van der Waals surface area contributed by atoms with Crippen LogP contribution in [0.25, 0.3) is 0 Å². The second-order valence-corrected chi connectivity index (χ2v) is 8.29. The number of carbonyl (C=O) groups is 2. The van der Waals surface area contributed by atoms with Crippen LogP contribution in [0, 0.1) is 0 Å². The zero-order chi connectivity index (χ0) is 22.7. The first-order valence-corrected chi connectivity index (χ1v) is 11.0. The predicted molar refractivity (Wildman–Crippen MR) is 114 cm³/mol. The highest BCUT2D eigenvalue weighted by molar-refractivity contribution is 5.96. The molecule has 4 rings (SSSR count). The van der Waals surface area contributed by atoms with E-state index in [4.69, 9.17) is 19.3 Å². The van der Waals surface area contributed by atoms with Crippen LogP contribution in [0.4, 0.5) is 0 Å². The van der Waals surface area contributed by atoms with E-state index in [1.54, 1.807) is 12.1 Å². The van der Waals surface area contributed by atoms with Gasteiger partial charge in [-0.05, 0) is 25.0 Å². The Hall–Kier alpha value is -2.46. The normalized spacial score (nSPS) is 28.3. The SMILES string of the molecule is COCC(=O)N(C[C@H]1CCCO1)[C@@H]1C=C(C(=O)NCCO)[C@@H]2c3ccccc3O[C@@H]2[C@H]1O. The van der Waals surface area contributed by atoms with Gasteiger partial charge in [0, 0.05) is 37.9 Å². The summed E-state index contributed by atoms with van der Waals surface area (Å²) in [5, 5.41) is 23.2. The highest BCUT2D eigenvalue weighted by Crippen LogP contribution is 2.47. The van der Waals surface area contributed by atoms with Crippen LogP contribution in [0.5, 0.6) is 5.75 Å². The Kier molecular flexibility index (Phi) is 7.10. The first-order valence-electron chi connectivity index (χ1n) is 11.0. The van der Waals surface area contributed by atoms with Crippen molar-refractivity contribution in [1.29, 1.82) is 0 Å². The molecular weight excluding hydrogens is 416 g/mol. The summed E-state index contributed by atoms with van der Waals surface area (Å²) in [7, 11) is 1.44. The fraction of sp³-hybridized carbons (Fsp3) is 0.565. The smallest absolute Gasteiger partial charge is 0.249 e. The van der Waals surface area contributed by atoms with Crippen LogP contribution in [0.1, 0.15) is 24.3 Å². The molecule has 0 unspecified atom stereocenters. The molecular formula is C23H30N2O7. The third-order valence-corrected chi connectivity index (χ3v) is 6.25. The van der Waals surface area contributed by atoms with E-state index in [0.717, 1.165) is 18.4 Å². The minimum Gasteiger partial charge on any atom is -0.486 e. The first-order chi connectivity index (χ1) is 15.5. The number of nitrogens with one attached hydrogen (secondary N) is 1. The summed E-state index contributed by atoms with van der Waals surface area (Å²) in [4.78, 5) is 27.5. The number of hydrogen-bond donors (Lipinski definition) is 3. The summed E-state index contributed by atoms with van der Waals surface area (Å²) in [5.41, 5.74) is 1.22. The van der Waals surface area contributed by atoms with Gasteiger partial charge in [-0.1, -0.05) is 18.2 Å². The fourth-order valence-corrected chi connectivity index (χ4v) is 4.80. The Labute approximate surface area is 186 Å². The van der Waals surface area contributed by atoms with Gasteiger partial charge >= 0.3 is 0 Å². The highest BCUT2D eigenvalue weighted by Gasteiger charge is 2.50. The van der Waals surface area contributed by atoms with Gasteiger partial charge in [0.15, 0.2) is 0 Å². The zero-order valence-electron chi connectivity index (χ0n) is 18.1.